The fourth-order valence-electron chi connectivity index (χ4n) is 0.648. The Morgan fingerprint density at radius 3 is 2.75 bits per heavy atom. The summed E-state index contributed by atoms with van der Waals surface area (Å²) >= 11 is 3.25. The Bertz CT molecular complexity index is 147. The third-order valence-electron chi connectivity index (χ3n) is 1.04. The van der Waals surface area contributed by atoms with Crippen LogP contribution in [0.5, 0.6) is 0 Å². The number of hydrogen-bond donors (Lipinski definition) is 1. The quantitative estimate of drug-likeness (QED) is 0.599. The lowest BCUT2D eigenvalue weighted by Crippen LogP contribution is -1.85. The van der Waals surface area contributed by atoms with E-state index in [0.717, 1.165) is 17.3 Å². The summed E-state index contributed by atoms with van der Waals surface area (Å²) in [5.74, 6) is 0.472. The van der Waals surface area contributed by atoms with Crippen molar-refractivity contribution < 1.29 is 5.11 Å². The molecule has 0 saturated heterocycles. The summed E-state index contributed by atoms with van der Waals surface area (Å²) in [4.78, 5) is 0. The van der Waals surface area contributed by atoms with Crippen molar-refractivity contribution in [3.05, 3.63) is 22.4 Å². The van der Waals surface area contributed by atoms with Crippen LogP contribution in [0.15, 0.2) is 22.4 Å². The number of halogens is 1. The summed E-state index contributed by atoms with van der Waals surface area (Å²) in [6, 6.07) is 0. The van der Waals surface area contributed by atoms with E-state index in [1.807, 2.05) is 6.08 Å². The van der Waals surface area contributed by atoms with Crippen molar-refractivity contribution in [2.75, 3.05) is 0 Å². The summed E-state index contributed by atoms with van der Waals surface area (Å²) in [7, 11) is 0. The van der Waals surface area contributed by atoms with E-state index in [1.165, 1.54) is 0 Å². The number of rotatable bonds is 0. The molecule has 0 fully saturated rings. The van der Waals surface area contributed by atoms with E-state index >= 15 is 0 Å². The predicted molar refractivity (Wildman–Crippen MR) is 37.0 cm³/mol. The Morgan fingerprint density at radius 2 is 2.38 bits per heavy atom. The van der Waals surface area contributed by atoms with Gasteiger partial charge < -0.3 is 5.11 Å². The van der Waals surface area contributed by atoms with Gasteiger partial charge in [0.05, 0.1) is 5.76 Å². The second kappa shape index (κ2) is 2.35. The number of aliphatic hydroxyl groups is 1. The summed E-state index contributed by atoms with van der Waals surface area (Å²) in [5.41, 5.74) is 0. The number of allylic oxidation sites excluding steroid dienone is 4. The molecule has 1 aliphatic carbocycles. The van der Waals surface area contributed by atoms with E-state index in [9.17, 15) is 0 Å². The SMILES string of the molecule is OC1=CC(Br)=CCC1. The Labute approximate surface area is 56.8 Å². The number of hydrogen-bond acceptors (Lipinski definition) is 1. The zero-order chi connectivity index (χ0) is 5.98. The van der Waals surface area contributed by atoms with E-state index in [2.05, 4.69) is 15.9 Å². The molecule has 0 atom stereocenters. The maximum atomic E-state index is 8.87. The van der Waals surface area contributed by atoms with Crippen LogP contribution in [0.25, 0.3) is 0 Å². The van der Waals surface area contributed by atoms with E-state index in [-0.39, 0.29) is 0 Å². The smallest absolute Gasteiger partial charge is 0.0936 e. The van der Waals surface area contributed by atoms with Crippen molar-refractivity contribution >= 4 is 15.9 Å². The molecule has 1 aliphatic rings. The molecule has 0 radical (unpaired) electrons. The maximum absolute atomic E-state index is 8.87. The largest absolute Gasteiger partial charge is 0.512 e. The topological polar surface area (TPSA) is 20.2 Å². The second-order valence-corrected chi connectivity index (χ2v) is 2.68. The molecule has 0 heterocycles. The zero-order valence-corrected chi connectivity index (χ0v) is 5.98. The molecule has 0 bridgehead atoms. The first kappa shape index (κ1) is 5.89. The van der Waals surface area contributed by atoms with E-state index in [1.54, 1.807) is 6.08 Å². The molecule has 44 valence electrons. The lowest BCUT2D eigenvalue weighted by molar-refractivity contribution is 0.387. The van der Waals surface area contributed by atoms with Gasteiger partial charge in [0.1, 0.15) is 0 Å². The number of aliphatic hydroxyl groups excluding tert-OH is 1. The van der Waals surface area contributed by atoms with Gasteiger partial charge in [0.15, 0.2) is 0 Å². The van der Waals surface area contributed by atoms with Crippen molar-refractivity contribution in [3.8, 4) is 0 Å². The first-order valence-corrected chi connectivity index (χ1v) is 3.33. The standard InChI is InChI=1S/C6H7BrO/c7-5-2-1-3-6(8)4-5/h2,4,8H,1,3H2. The molecule has 0 amide bonds. The third kappa shape index (κ3) is 1.37. The third-order valence-corrected chi connectivity index (χ3v) is 1.60. The van der Waals surface area contributed by atoms with Gasteiger partial charge in [0.25, 0.3) is 0 Å². The van der Waals surface area contributed by atoms with Crippen molar-refractivity contribution in [1.29, 1.82) is 0 Å². The second-order valence-electron chi connectivity index (χ2n) is 1.76. The average Bonchev–Trinajstić information content (AvgIpc) is 1.64. The van der Waals surface area contributed by atoms with Crippen LogP contribution in [0.4, 0.5) is 0 Å². The van der Waals surface area contributed by atoms with Crippen LogP contribution in [0, 0.1) is 0 Å². The van der Waals surface area contributed by atoms with Crippen LogP contribution in [-0.2, 0) is 0 Å². The Balaban J connectivity index is 2.69. The van der Waals surface area contributed by atoms with Gasteiger partial charge in [-0.2, -0.15) is 0 Å². The molecule has 1 rings (SSSR count). The van der Waals surface area contributed by atoms with Crippen LogP contribution < -0.4 is 0 Å². The van der Waals surface area contributed by atoms with E-state index < -0.39 is 0 Å². The average molecular weight is 175 g/mol. The molecule has 0 unspecified atom stereocenters. The maximum Gasteiger partial charge on any atom is 0.0936 e. The first-order chi connectivity index (χ1) is 3.79. The summed E-state index contributed by atoms with van der Waals surface area (Å²) in [6.45, 7) is 0. The van der Waals surface area contributed by atoms with Gasteiger partial charge in [0.2, 0.25) is 0 Å². The zero-order valence-electron chi connectivity index (χ0n) is 4.39. The molecule has 1 N–H and O–H groups in total. The fourth-order valence-corrected chi connectivity index (χ4v) is 1.14. The molecule has 0 aromatic carbocycles. The monoisotopic (exact) mass is 174 g/mol. The van der Waals surface area contributed by atoms with E-state index in [0.29, 0.717) is 5.76 Å². The molecule has 0 aromatic rings. The van der Waals surface area contributed by atoms with Gasteiger partial charge in [-0.15, -0.1) is 0 Å². The molecular weight excluding hydrogens is 168 g/mol. The summed E-state index contributed by atoms with van der Waals surface area (Å²) in [6.07, 6.45) is 5.50. The van der Waals surface area contributed by atoms with Crippen molar-refractivity contribution in [1.82, 2.24) is 0 Å². The van der Waals surface area contributed by atoms with Gasteiger partial charge in [-0.1, -0.05) is 22.0 Å². The minimum atomic E-state index is 0.472. The van der Waals surface area contributed by atoms with Crippen LogP contribution in [-0.4, -0.2) is 5.11 Å². The lowest BCUT2D eigenvalue weighted by atomic mass is 10.2. The molecule has 0 aliphatic heterocycles. The summed E-state index contributed by atoms with van der Waals surface area (Å²) in [5, 5.41) is 8.87. The highest BCUT2D eigenvalue weighted by Crippen LogP contribution is 2.18. The van der Waals surface area contributed by atoms with Crippen LogP contribution >= 0.6 is 15.9 Å². The van der Waals surface area contributed by atoms with E-state index in [4.69, 9.17) is 5.11 Å². The first-order valence-electron chi connectivity index (χ1n) is 2.54. The van der Waals surface area contributed by atoms with Crippen molar-refractivity contribution in [2.24, 2.45) is 0 Å². The van der Waals surface area contributed by atoms with Gasteiger partial charge in [0, 0.05) is 10.9 Å². The highest BCUT2D eigenvalue weighted by atomic mass is 79.9. The normalized spacial score (nSPS) is 19.6. The molecule has 2 heteroatoms. The Kier molecular flexibility index (Phi) is 1.73. The minimum Gasteiger partial charge on any atom is -0.512 e. The molecule has 1 nitrogen and oxygen atoms in total. The Hall–Kier alpha value is -0.240. The van der Waals surface area contributed by atoms with Crippen LogP contribution in [0.2, 0.25) is 0 Å². The minimum absolute atomic E-state index is 0.472. The van der Waals surface area contributed by atoms with Gasteiger partial charge in [-0.05, 0) is 12.5 Å². The lowest BCUT2D eigenvalue weighted by Gasteiger charge is -2.01. The van der Waals surface area contributed by atoms with Gasteiger partial charge in [-0.25, -0.2) is 0 Å². The molecular formula is C6H7BrO. The van der Waals surface area contributed by atoms with Gasteiger partial charge in [-0.3, -0.25) is 0 Å². The fraction of sp³-hybridized carbons (Fsp3) is 0.333. The van der Waals surface area contributed by atoms with Crippen molar-refractivity contribution in [3.63, 3.8) is 0 Å². The predicted octanol–water partition coefficient (Wildman–Crippen LogP) is 2.50. The molecule has 0 saturated carbocycles. The highest BCUT2D eigenvalue weighted by molar-refractivity contribution is 9.11. The molecule has 8 heavy (non-hydrogen) atoms. The Morgan fingerprint density at radius 1 is 1.62 bits per heavy atom. The highest BCUT2D eigenvalue weighted by Gasteiger charge is 1.98. The molecule has 0 spiro atoms. The van der Waals surface area contributed by atoms with Crippen molar-refractivity contribution in [2.45, 2.75) is 12.8 Å². The van der Waals surface area contributed by atoms with Crippen LogP contribution in [0.1, 0.15) is 12.8 Å². The van der Waals surface area contributed by atoms with Crippen LogP contribution in [0.3, 0.4) is 0 Å². The summed E-state index contributed by atoms with van der Waals surface area (Å²) < 4.78 is 0.987. The molecule has 0 aromatic heterocycles. The van der Waals surface area contributed by atoms with Gasteiger partial charge >= 0.3 is 0 Å².